The number of aromatic nitrogens is 2. The average molecular weight is 402 g/mol. The zero-order chi connectivity index (χ0) is 18.0. The summed E-state index contributed by atoms with van der Waals surface area (Å²) in [5.74, 6) is -0.0343. The number of nitrogens with zero attached hydrogens (tertiary/aromatic N) is 2. The summed E-state index contributed by atoms with van der Waals surface area (Å²) in [6.45, 7) is 4.46. The van der Waals surface area contributed by atoms with Gasteiger partial charge >= 0.3 is 0 Å². The minimum atomic E-state index is -0.272. The average Bonchev–Trinajstić information content (AvgIpc) is 2.91. The largest absolute Gasteiger partial charge is 0.304 e. The molecule has 6 heteroatoms. The van der Waals surface area contributed by atoms with Gasteiger partial charge in [0.15, 0.2) is 5.82 Å². The van der Waals surface area contributed by atoms with Crippen molar-refractivity contribution >= 4 is 27.7 Å². The molecule has 1 heterocycles. The molecule has 0 aliphatic heterocycles. The first kappa shape index (κ1) is 17.4. The van der Waals surface area contributed by atoms with Gasteiger partial charge in [-0.15, -0.1) is 0 Å². The van der Waals surface area contributed by atoms with Crippen molar-refractivity contribution in [1.29, 1.82) is 0 Å². The van der Waals surface area contributed by atoms with Gasteiger partial charge in [-0.25, -0.2) is 4.39 Å². The van der Waals surface area contributed by atoms with E-state index in [9.17, 15) is 9.18 Å². The molecule has 0 bridgehead atoms. The molecule has 0 radical (unpaired) electrons. The molecule has 4 nitrogen and oxygen atoms in total. The van der Waals surface area contributed by atoms with E-state index in [1.807, 2.05) is 26.0 Å². The number of aryl methyl sites for hydroxylation is 2. The lowest BCUT2D eigenvalue weighted by Crippen LogP contribution is -2.13. The number of carbonyl (C=O) groups excluding carboxylic acids is 1. The summed E-state index contributed by atoms with van der Waals surface area (Å²) in [5, 5.41) is 7.19. The molecule has 0 fully saturated rings. The zero-order valence-corrected chi connectivity index (χ0v) is 15.5. The van der Waals surface area contributed by atoms with E-state index in [1.165, 1.54) is 12.1 Å². The second kappa shape index (κ2) is 7.19. The smallest absolute Gasteiger partial charge is 0.256 e. The van der Waals surface area contributed by atoms with Crippen LogP contribution in [0.15, 0.2) is 53.1 Å². The van der Waals surface area contributed by atoms with Crippen molar-refractivity contribution in [2.75, 3.05) is 5.32 Å². The van der Waals surface area contributed by atoms with Gasteiger partial charge in [-0.05, 0) is 70.7 Å². The lowest BCUT2D eigenvalue weighted by atomic mass is 10.1. The number of anilines is 1. The SMILES string of the molecule is Cc1ccc(C(=O)Nc2nn(Cc3ccc(F)cc3)cc2Br)cc1C. The van der Waals surface area contributed by atoms with Crippen LogP contribution < -0.4 is 5.32 Å². The number of nitrogens with one attached hydrogen (secondary N) is 1. The first-order valence-electron chi connectivity index (χ1n) is 7.78. The molecule has 0 unspecified atom stereocenters. The standard InChI is InChI=1S/C19H17BrFN3O/c1-12-3-6-15(9-13(12)2)19(25)22-18-17(20)11-24(23-18)10-14-4-7-16(21)8-5-14/h3-9,11H,10H2,1-2H3,(H,22,23,25). The van der Waals surface area contributed by atoms with E-state index in [1.54, 1.807) is 29.1 Å². The zero-order valence-electron chi connectivity index (χ0n) is 13.9. The number of hydrogen-bond donors (Lipinski definition) is 1. The topological polar surface area (TPSA) is 46.9 Å². The molecular weight excluding hydrogens is 385 g/mol. The molecule has 25 heavy (non-hydrogen) atoms. The summed E-state index contributed by atoms with van der Waals surface area (Å²) in [4.78, 5) is 12.4. The van der Waals surface area contributed by atoms with E-state index in [0.29, 0.717) is 22.4 Å². The molecule has 0 aliphatic carbocycles. The van der Waals surface area contributed by atoms with E-state index in [2.05, 4.69) is 26.3 Å². The Morgan fingerprint density at radius 3 is 2.56 bits per heavy atom. The maximum absolute atomic E-state index is 13.0. The summed E-state index contributed by atoms with van der Waals surface area (Å²) in [6, 6.07) is 11.8. The van der Waals surface area contributed by atoms with Crippen LogP contribution in [-0.4, -0.2) is 15.7 Å². The van der Waals surface area contributed by atoms with Crippen LogP contribution in [0.1, 0.15) is 27.0 Å². The molecular formula is C19H17BrFN3O. The third-order valence-electron chi connectivity index (χ3n) is 3.98. The Morgan fingerprint density at radius 2 is 1.88 bits per heavy atom. The molecule has 0 saturated carbocycles. The fourth-order valence-corrected chi connectivity index (χ4v) is 2.82. The summed E-state index contributed by atoms with van der Waals surface area (Å²) in [7, 11) is 0. The second-order valence-corrected chi connectivity index (χ2v) is 6.76. The first-order valence-corrected chi connectivity index (χ1v) is 8.57. The van der Waals surface area contributed by atoms with Crippen molar-refractivity contribution in [3.05, 3.63) is 81.2 Å². The normalized spacial score (nSPS) is 10.7. The molecule has 1 aromatic heterocycles. The van der Waals surface area contributed by atoms with E-state index < -0.39 is 0 Å². The quantitative estimate of drug-likeness (QED) is 0.688. The van der Waals surface area contributed by atoms with Crippen LogP contribution in [0.5, 0.6) is 0 Å². The molecule has 128 valence electrons. The van der Waals surface area contributed by atoms with E-state index in [-0.39, 0.29) is 11.7 Å². The summed E-state index contributed by atoms with van der Waals surface area (Å²) in [5.41, 5.74) is 3.71. The van der Waals surface area contributed by atoms with Crippen LogP contribution in [0, 0.1) is 19.7 Å². The summed E-state index contributed by atoms with van der Waals surface area (Å²) >= 11 is 3.41. The molecule has 0 saturated heterocycles. The summed E-state index contributed by atoms with van der Waals surface area (Å²) < 4.78 is 15.3. The second-order valence-electron chi connectivity index (χ2n) is 5.90. The van der Waals surface area contributed by atoms with Crippen LogP contribution in [0.4, 0.5) is 10.2 Å². The lowest BCUT2D eigenvalue weighted by molar-refractivity contribution is 0.102. The van der Waals surface area contributed by atoms with Gasteiger partial charge in [-0.3, -0.25) is 9.48 Å². The van der Waals surface area contributed by atoms with Gasteiger partial charge in [0.1, 0.15) is 5.82 Å². The van der Waals surface area contributed by atoms with Crippen molar-refractivity contribution in [1.82, 2.24) is 9.78 Å². The van der Waals surface area contributed by atoms with Gasteiger partial charge in [-0.2, -0.15) is 5.10 Å². The summed E-state index contributed by atoms with van der Waals surface area (Å²) in [6.07, 6.45) is 1.78. The Balaban J connectivity index is 1.74. The van der Waals surface area contributed by atoms with E-state index in [4.69, 9.17) is 0 Å². The lowest BCUT2D eigenvalue weighted by Gasteiger charge is -2.06. The van der Waals surface area contributed by atoms with Gasteiger partial charge in [-0.1, -0.05) is 18.2 Å². The van der Waals surface area contributed by atoms with Crippen molar-refractivity contribution in [3.63, 3.8) is 0 Å². The Bertz CT molecular complexity index is 919. The number of benzene rings is 2. The first-order chi connectivity index (χ1) is 11.9. The fraction of sp³-hybridized carbons (Fsp3) is 0.158. The molecule has 0 aliphatic rings. The molecule has 1 amide bonds. The molecule has 3 rings (SSSR count). The predicted octanol–water partition coefficient (Wildman–Crippen LogP) is 4.70. The third-order valence-corrected chi connectivity index (χ3v) is 4.56. The van der Waals surface area contributed by atoms with Gasteiger partial charge in [0.2, 0.25) is 0 Å². The van der Waals surface area contributed by atoms with Gasteiger partial charge in [0.25, 0.3) is 5.91 Å². The molecule has 1 N–H and O–H groups in total. The minimum absolute atomic E-state index is 0.212. The van der Waals surface area contributed by atoms with Crippen molar-refractivity contribution in [3.8, 4) is 0 Å². The maximum Gasteiger partial charge on any atom is 0.256 e. The number of hydrogen-bond acceptors (Lipinski definition) is 2. The molecule has 0 spiro atoms. The van der Waals surface area contributed by atoms with Crippen LogP contribution in [0.2, 0.25) is 0 Å². The highest BCUT2D eigenvalue weighted by Gasteiger charge is 2.13. The Morgan fingerprint density at radius 1 is 1.16 bits per heavy atom. The van der Waals surface area contributed by atoms with Crippen LogP contribution in [0.3, 0.4) is 0 Å². The molecule has 0 atom stereocenters. The van der Waals surface area contributed by atoms with Gasteiger partial charge in [0, 0.05) is 11.8 Å². The third kappa shape index (κ3) is 4.14. The van der Waals surface area contributed by atoms with E-state index >= 15 is 0 Å². The molecule has 2 aromatic carbocycles. The Kier molecular flexibility index (Phi) is 4.99. The highest BCUT2D eigenvalue weighted by Crippen LogP contribution is 2.22. The van der Waals surface area contributed by atoms with Crippen molar-refractivity contribution in [2.45, 2.75) is 20.4 Å². The van der Waals surface area contributed by atoms with Crippen LogP contribution in [-0.2, 0) is 6.54 Å². The van der Waals surface area contributed by atoms with E-state index in [0.717, 1.165) is 16.7 Å². The number of halogens is 2. The highest BCUT2D eigenvalue weighted by molar-refractivity contribution is 9.10. The van der Waals surface area contributed by atoms with Crippen LogP contribution in [0.25, 0.3) is 0 Å². The number of carbonyl (C=O) groups is 1. The van der Waals surface area contributed by atoms with Crippen molar-refractivity contribution in [2.24, 2.45) is 0 Å². The van der Waals surface area contributed by atoms with Gasteiger partial charge < -0.3 is 5.32 Å². The van der Waals surface area contributed by atoms with Crippen LogP contribution >= 0.6 is 15.9 Å². The maximum atomic E-state index is 13.0. The fourth-order valence-electron chi connectivity index (χ4n) is 2.40. The highest BCUT2D eigenvalue weighted by atomic mass is 79.9. The minimum Gasteiger partial charge on any atom is -0.304 e. The number of rotatable bonds is 4. The van der Waals surface area contributed by atoms with Crippen molar-refractivity contribution < 1.29 is 9.18 Å². The Hall–Kier alpha value is -2.47. The monoisotopic (exact) mass is 401 g/mol. The molecule has 3 aromatic rings. The Labute approximate surface area is 153 Å². The number of amides is 1. The van der Waals surface area contributed by atoms with Gasteiger partial charge in [0.05, 0.1) is 11.0 Å². The predicted molar refractivity (Wildman–Crippen MR) is 99.3 cm³/mol.